The maximum atomic E-state index is 13.0. The van der Waals surface area contributed by atoms with E-state index in [9.17, 15) is 4.57 Å². The molecule has 1 unspecified atom stereocenters. The summed E-state index contributed by atoms with van der Waals surface area (Å²) in [6.45, 7) is 4.13. The Morgan fingerprint density at radius 1 is 0.639 bits per heavy atom. The molecule has 0 aliphatic rings. The highest BCUT2D eigenvalue weighted by Gasteiger charge is 2.25. The molecule has 0 fully saturated rings. The van der Waals surface area contributed by atoms with Crippen LogP contribution in [0.5, 0.6) is 0 Å². The van der Waals surface area contributed by atoms with Crippen LogP contribution in [0.15, 0.2) is 30.3 Å². The van der Waals surface area contributed by atoms with Gasteiger partial charge >= 0.3 is 7.60 Å². The van der Waals surface area contributed by atoms with E-state index in [1.807, 2.05) is 30.3 Å². The molecule has 0 spiro atoms. The van der Waals surface area contributed by atoms with Crippen molar-refractivity contribution in [2.45, 2.75) is 116 Å². The molecular weight excluding hydrogens is 470 g/mol. The van der Waals surface area contributed by atoms with Crippen molar-refractivity contribution in [3.05, 3.63) is 35.9 Å². The molecule has 1 aromatic carbocycles. The number of hydrogen-bond donors (Lipinski definition) is 0. The van der Waals surface area contributed by atoms with E-state index in [0.29, 0.717) is 26.1 Å². The molecule has 0 bridgehead atoms. The SMILES string of the molecule is [B]CCOCP(=O)(OCCOCCCCCCCCCCCCCCCCC)OCc1ccccc1. The summed E-state index contributed by atoms with van der Waals surface area (Å²) in [7, 11) is 2.09. The average molecular weight is 523 g/mol. The molecule has 0 saturated carbocycles. The normalized spacial score (nSPS) is 13.1. The van der Waals surface area contributed by atoms with Gasteiger partial charge in [-0.1, -0.05) is 133 Å². The Balaban J connectivity index is 1.96. The van der Waals surface area contributed by atoms with Crippen LogP contribution in [0.2, 0.25) is 6.32 Å². The van der Waals surface area contributed by atoms with Gasteiger partial charge in [0, 0.05) is 13.2 Å². The topological polar surface area (TPSA) is 54.0 Å². The zero-order valence-corrected chi connectivity index (χ0v) is 23.9. The first-order valence-corrected chi connectivity index (χ1v) is 16.2. The average Bonchev–Trinajstić information content (AvgIpc) is 2.90. The molecule has 5 nitrogen and oxygen atoms in total. The van der Waals surface area contributed by atoms with Gasteiger partial charge in [0.25, 0.3) is 0 Å². The van der Waals surface area contributed by atoms with Crippen molar-refractivity contribution in [1.82, 2.24) is 0 Å². The predicted molar refractivity (Wildman–Crippen MR) is 152 cm³/mol. The molecule has 7 heteroatoms. The van der Waals surface area contributed by atoms with Gasteiger partial charge in [-0.2, -0.15) is 0 Å². The zero-order valence-electron chi connectivity index (χ0n) is 23.0. The number of hydrogen-bond acceptors (Lipinski definition) is 5. The summed E-state index contributed by atoms with van der Waals surface area (Å²) < 4.78 is 35.2. The second kappa shape index (κ2) is 24.7. The molecule has 1 aromatic rings. The van der Waals surface area contributed by atoms with E-state index < -0.39 is 7.60 Å². The number of ether oxygens (including phenoxy) is 2. The molecule has 36 heavy (non-hydrogen) atoms. The molecular formula is C29H52BO5P. The molecule has 206 valence electrons. The maximum absolute atomic E-state index is 13.0. The quantitative estimate of drug-likeness (QED) is 0.0656. The summed E-state index contributed by atoms with van der Waals surface area (Å²) in [5, 5.41) is 0. The van der Waals surface area contributed by atoms with E-state index in [2.05, 4.69) is 6.92 Å². The van der Waals surface area contributed by atoms with Crippen LogP contribution in [0.25, 0.3) is 0 Å². The number of rotatable bonds is 27. The van der Waals surface area contributed by atoms with Crippen molar-refractivity contribution in [3.8, 4) is 0 Å². The third-order valence-electron chi connectivity index (χ3n) is 6.19. The van der Waals surface area contributed by atoms with Crippen molar-refractivity contribution in [2.24, 2.45) is 0 Å². The summed E-state index contributed by atoms with van der Waals surface area (Å²) in [6.07, 6.45) is 20.5. The molecule has 1 atom stereocenters. The Bertz CT molecular complexity index is 631. The Hall–Kier alpha value is -0.645. The fourth-order valence-corrected chi connectivity index (χ4v) is 5.31. The minimum absolute atomic E-state index is 0.101. The van der Waals surface area contributed by atoms with Crippen LogP contribution in [0.3, 0.4) is 0 Å². The van der Waals surface area contributed by atoms with Crippen molar-refractivity contribution < 1.29 is 23.1 Å². The Morgan fingerprint density at radius 3 is 1.75 bits per heavy atom. The smallest absolute Gasteiger partial charge is 0.356 e. The Labute approximate surface area is 223 Å². The molecule has 0 amide bonds. The Morgan fingerprint density at radius 2 is 1.19 bits per heavy atom. The van der Waals surface area contributed by atoms with E-state index in [1.165, 1.54) is 89.9 Å². The fourth-order valence-electron chi connectivity index (χ4n) is 4.03. The summed E-state index contributed by atoms with van der Waals surface area (Å²) in [6, 6.07) is 9.61. The molecule has 0 aliphatic heterocycles. The van der Waals surface area contributed by atoms with Gasteiger partial charge in [-0.05, 0) is 12.0 Å². The zero-order chi connectivity index (χ0) is 26.0. The standard InChI is InChI=1S/C29H52BO5P/c1-2-3-4-5-6-7-8-9-10-11-12-13-14-15-19-23-32-25-26-34-36(31,28-33-24-22-30)35-27-29-20-17-16-18-21-29/h16-18,20-21H,2-15,19,22-28H2,1H3. The first-order valence-electron chi connectivity index (χ1n) is 14.5. The van der Waals surface area contributed by atoms with Crippen LogP contribution in [0, 0.1) is 0 Å². The van der Waals surface area contributed by atoms with E-state index in [-0.39, 0.29) is 19.6 Å². The monoisotopic (exact) mass is 522 g/mol. The summed E-state index contributed by atoms with van der Waals surface area (Å²) in [5.74, 6) is 0. The third-order valence-corrected chi connectivity index (χ3v) is 7.79. The van der Waals surface area contributed by atoms with Gasteiger partial charge < -0.3 is 18.5 Å². The van der Waals surface area contributed by atoms with Crippen LogP contribution in [0.4, 0.5) is 0 Å². The molecule has 0 aliphatic carbocycles. The molecule has 2 radical (unpaired) electrons. The maximum Gasteiger partial charge on any atom is 0.356 e. The van der Waals surface area contributed by atoms with Crippen molar-refractivity contribution >= 4 is 15.4 Å². The van der Waals surface area contributed by atoms with Crippen LogP contribution in [-0.4, -0.2) is 40.6 Å². The summed E-state index contributed by atoms with van der Waals surface area (Å²) >= 11 is 0. The largest absolute Gasteiger partial charge is 0.379 e. The van der Waals surface area contributed by atoms with E-state index >= 15 is 0 Å². The minimum atomic E-state index is -3.36. The van der Waals surface area contributed by atoms with Gasteiger partial charge in [-0.15, -0.1) is 0 Å². The predicted octanol–water partition coefficient (Wildman–Crippen LogP) is 8.86. The van der Waals surface area contributed by atoms with Gasteiger partial charge in [0.15, 0.2) is 0 Å². The van der Waals surface area contributed by atoms with Crippen LogP contribution in [0.1, 0.15) is 109 Å². The number of unbranched alkanes of at least 4 members (excludes halogenated alkanes) is 14. The van der Waals surface area contributed by atoms with E-state index in [4.69, 9.17) is 26.4 Å². The van der Waals surface area contributed by atoms with Crippen LogP contribution < -0.4 is 0 Å². The van der Waals surface area contributed by atoms with Gasteiger partial charge in [0.2, 0.25) is 0 Å². The highest BCUT2D eigenvalue weighted by molar-refractivity contribution is 7.53. The van der Waals surface area contributed by atoms with E-state index in [1.54, 1.807) is 0 Å². The second-order valence-corrected chi connectivity index (χ2v) is 11.6. The molecule has 0 N–H and O–H groups in total. The molecule has 0 aromatic heterocycles. The first kappa shape index (κ1) is 33.4. The van der Waals surface area contributed by atoms with Gasteiger partial charge in [0.05, 0.1) is 27.7 Å². The first-order chi connectivity index (χ1) is 17.7. The van der Waals surface area contributed by atoms with E-state index in [0.717, 1.165) is 12.0 Å². The fraction of sp³-hybridized carbons (Fsp3) is 0.793. The minimum Gasteiger partial charge on any atom is -0.379 e. The lowest BCUT2D eigenvalue weighted by atomic mass is 10.0. The lowest BCUT2D eigenvalue weighted by molar-refractivity contribution is 0.0777. The van der Waals surface area contributed by atoms with Gasteiger partial charge in [0.1, 0.15) is 6.35 Å². The van der Waals surface area contributed by atoms with Crippen molar-refractivity contribution in [2.75, 3.05) is 32.8 Å². The third kappa shape index (κ3) is 20.4. The highest BCUT2D eigenvalue weighted by Crippen LogP contribution is 2.48. The van der Waals surface area contributed by atoms with Crippen molar-refractivity contribution in [3.63, 3.8) is 0 Å². The Kier molecular flexibility index (Phi) is 22.9. The van der Waals surface area contributed by atoms with Gasteiger partial charge in [-0.3, -0.25) is 4.57 Å². The highest BCUT2D eigenvalue weighted by atomic mass is 31.2. The number of benzene rings is 1. The summed E-state index contributed by atoms with van der Waals surface area (Å²) in [5.41, 5.74) is 0.935. The van der Waals surface area contributed by atoms with Crippen LogP contribution in [-0.2, 0) is 29.7 Å². The van der Waals surface area contributed by atoms with Gasteiger partial charge in [-0.25, -0.2) is 0 Å². The second-order valence-electron chi connectivity index (χ2n) is 9.59. The molecule has 0 saturated heterocycles. The molecule has 0 heterocycles. The molecule has 1 rings (SSSR count). The summed E-state index contributed by atoms with van der Waals surface area (Å²) in [4.78, 5) is 0. The lowest BCUT2D eigenvalue weighted by Crippen LogP contribution is -2.09. The van der Waals surface area contributed by atoms with Crippen LogP contribution >= 0.6 is 7.60 Å². The van der Waals surface area contributed by atoms with Crippen molar-refractivity contribution in [1.29, 1.82) is 0 Å². The lowest BCUT2D eigenvalue weighted by Gasteiger charge is -2.19.